The molecular weight excluding hydrogens is 358 g/mol. The van der Waals surface area contributed by atoms with Gasteiger partial charge >= 0.3 is 5.97 Å². The molecule has 28 heavy (non-hydrogen) atoms. The largest absolute Gasteiger partial charge is 0.503 e. The molecule has 0 aliphatic rings. The average Bonchev–Trinajstić information content (AvgIpc) is 2.67. The maximum Gasteiger partial charge on any atom is 0.309 e. The number of carbonyl (C=O) groups excluding carboxylic acids is 2. The molecule has 2 aromatic rings. The van der Waals surface area contributed by atoms with Gasteiger partial charge in [-0.05, 0) is 25.0 Å². The van der Waals surface area contributed by atoms with E-state index < -0.39 is 17.7 Å². The Morgan fingerprint density at radius 3 is 2.46 bits per heavy atom. The average molecular weight is 385 g/mol. The number of esters is 1. The second-order valence-electron chi connectivity index (χ2n) is 7.03. The first-order valence-corrected chi connectivity index (χ1v) is 9.27. The zero-order valence-electron chi connectivity index (χ0n) is 16.9. The molecule has 0 bridgehead atoms. The SMILES string of the molecule is COc1ccnc(C(=O)C[C@@H](C)C(=O)O[C@@H](C)[C@H](C)c2ccccc2C)c1O. The number of nitrogens with zero attached hydrogens (tertiary/aromatic N) is 1. The summed E-state index contributed by atoms with van der Waals surface area (Å²) in [4.78, 5) is 28.8. The molecular formula is C22H27NO5. The zero-order chi connectivity index (χ0) is 20.8. The standard InChI is InChI=1S/C22H27NO5/c1-13-8-6-7-9-17(13)15(3)16(4)28-22(26)14(2)12-18(24)20-21(25)19(27-5)10-11-23-20/h6-11,14-16,25H,12H2,1-5H3/t14-,15+,16+/m1/s1. The van der Waals surface area contributed by atoms with Crippen LogP contribution in [0.5, 0.6) is 11.5 Å². The van der Waals surface area contributed by atoms with Crippen LogP contribution in [0.1, 0.15) is 54.7 Å². The van der Waals surface area contributed by atoms with Gasteiger partial charge in [0.2, 0.25) is 0 Å². The predicted molar refractivity (Wildman–Crippen MR) is 106 cm³/mol. The molecule has 0 amide bonds. The molecule has 0 saturated carbocycles. The van der Waals surface area contributed by atoms with Crippen LogP contribution in [0, 0.1) is 12.8 Å². The summed E-state index contributed by atoms with van der Waals surface area (Å²) < 4.78 is 10.6. The highest BCUT2D eigenvalue weighted by atomic mass is 16.5. The maximum absolute atomic E-state index is 12.5. The lowest BCUT2D eigenvalue weighted by atomic mass is 9.92. The molecule has 6 nitrogen and oxygen atoms in total. The summed E-state index contributed by atoms with van der Waals surface area (Å²) in [6.07, 6.45) is 0.924. The van der Waals surface area contributed by atoms with Gasteiger partial charge in [-0.25, -0.2) is 4.98 Å². The summed E-state index contributed by atoms with van der Waals surface area (Å²) in [6.45, 7) is 7.51. The highest BCUT2D eigenvalue weighted by molar-refractivity contribution is 5.99. The summed E-state index contributed by atoms with van der Waals surface area (Å²) in [5.41, 5.74) is 2.15. The predicted octanol–water partition coefficient (Wildman–Crippen LogP) is 4.05. The molecule has 0 aliphatic heterocycles. The van der Waals surface area contributed by atoms with Crippen LogP contribution in [0.2, 0.25) is 0 Å². The fourth-order valence-corrected chi connectivity index (χ4v) is 3.02. The molecule has 0 saturated heterocycles. The Hall–Kier alpha value is -2.89. The Bertz CT molecular complexity index is 849. The number of carbonyl (C=O) groups is 2. The summed E-state index contributed by atoms with van der Waals surface area (Å²) in [6, 6.07) is 9.43. The molecule has 1 N–H and O–H groups in total. The highest BCUT2D eigenvalue weighted by Crippen LogP contribution is 2.29. The van der Waals surface area contributed by atoms with Crippen LogP contribution < -0.4 is 4.74 Å². The lowest BCUT2D eigenvalue weighted by Gasteiger charge is -2.23. The molecule has 0 fully saturated rings. The van der Waals surface area contributed by atoms with Crippen molar-refractivity contribution in [3.05, 3.63) is 53.3 Å². The minimum Gasteiger partial charge on any atom is -0.503 e. The van der Waals surface area contributed by atoms with Crippen molar-refractivity contribution in [2.45, 2.75) is 46.1 Å². The van der Waals surface area contributed by atoms with E-state index in [1.54, 1.807) is 6.92 Å². The van der Waals surface area contributed by atoms with Crippen molar-refractivity contribution in [3.63, 3.8) is 0 Å². The first-order valence-electron chi connectivity index (χ1n) is 9.27. The normalized spacial score (nSPS) is 14.0. The number of aryl methyl sites for hydroxylation is 1. The molecule has 1 aromatic heterocycles. The van der Waals surface area contributed by atoms with Crippen LogP contribution in [0.4, 0.5) is 0 Å². The van der Waals surface area contributed by atoms with Gasteiger partial charge in [0, 0.05) is 24.6 Å². The van der Waals surface area contributed by atoms with E-state index in [0.717, 1.165) is 11.1 Å². The third kappa shape index (κ3) is 4.88. The van der Waals surface area contributed by atoms with Crippen molar-refractivity contribution in [3.8, 4) is 11.5 Å². The van der Waals surface area contributed by atoms with Crippen molar-refractivity contribution in [2.24, 2.45) is 5.92 Å². The minimum atomic E-state index is -0.661. The molecule has 0 unspecified atom stereocenters. The zero-order valence-corrected chi connectivity index (χ0v) is 16.9. The molecule has 3 atom stereocenters. The molecule has 150 valence electrons. The van der Waals surface area contributed by atoms with E-state index in [9.17, 15) is 14.7 Å². The van der Waals surface area contributed by atoms with Gasteiger partial charge < -0.3 is 14.6 Å². The van der Waals surface area contributed by atoms with Gasteiger partial charge in [0.05, 0.1) is 13.0 Å². The molecule has 2 rings (SSSR count). The van der Waals surface area contributed by atoms with E-state index in [-0.39, 0.29) is 35.6 Å². The number of ether oxygens (including phenoxy) is 2. The van der Waals surface area contributed by atoms with E-state index in [4.69, 9.17) is 9.47 Å². The molecule has 0 aliphatic carbocycles. The Morgan fingerprint density at radius 2 is 1.82 bits per heavy atom. The van der Waals surface area contributed by atoms with Gasteiger partial charge in [-0.2, -0.15) is 0 Å². The molecule has 6 heteroatoms. The van der Waals surface area contributed by atoms with Crippen molar-refractivity contribution in [2.75, 3.05) is 7.11 Å². The molecule has 0 spiro atoms. The van der Waals surface area contributed by atoms with Crippen LogP contribution in [0.3, 0.4) is 0 Å². The lowest BCUT2D eigenvalue weighted by Crippen LogP contribution is -2.26. The molecule has 0 radical (unpaired) electrons. The fraction of sp³-hybridized carbons (Fsp3) is 0.409. The minimum absolute atomic E-state index is 0.0251. The Morgan fingerprint density at radius 1 is 1.14 bits per heavy atom. The second kappa shape index (κ2) is 9.35. The second-order valence-corrected chi connectivity index (χ2v) is 7.03. The number of aromatic hydroxyl groups is 1. The van der Waals surface area contributed by atoms with Crippen LogP contribution in [-0.4, -0.2) is 35.1 Å². The van der Waals surface area contributed by atoms with Gasteiger partial charge in [0.25, 0.3) is 0 Å². The smallest absolute Gasteiger partial charge is 0.309 e. The van der Waals surface area contributed by atoms with Gasteiger partial charge in [0.15, 0.2) is 23.0 Å². The van der Waals surface area contributed by atoms with Crippen LogP contribution in [0.15, 0.2) is 36.5 Å². The summed E-state index contributed by atoms with van der Waals surface area (Å²) in [7, 11) is 1.39. The van der Waals surface area contributed by atoms with Crippen molar-refractivity contribution in [1.82, 2.24) is 4.98 Å². The molecule has 1 heterocycles. The first kappa shape index (κ1) is 21.4. The number of methoxy groups -OCH3 is 1. The first-order chi connectivity index (χ1) is 13.3. The number of Topliss-reactive ketones (excluding diaryl/α,β-unsaturated/α-hetero) is 1. The Labute approximate surface area is 165 Å². The Kier molecular flexibility index (Phi) is 7.15. The number of hydrogen-bond acceptors (Lipinski definition) is 6. The van der Waals surface area contributed by atoms with Gasteiger partial charge in [0.1, 0.15) is 6.10 Å². The highest BCUT2D eigenvalue weighted by Gasteiger charge is 2.26. The van der Waals surface area contributed by atoms with E-state index in [1.807, 2.05) is 45.0 Å². The third-order valence-electron chi connectivity index (χ3n) is 4.95. The van der Waals surface area contributed by atoms with Crippen LogP contribution >= 0.6 is 0 Å². The van der Waals surface area contributed by atoms with E-state index in [2.05, 4.69) is 4.98 Å². The van der Waals surface area contributed by atoms with Crippen LogP contribution in [-0.2, 0) is 9.53 Å². The lowest BCUT2D eigenvalue weighted by molar-refractivity contribution is -0.153. The van der Waals surface area contributed by atoms with Crippen LogP contribution in [0.25, 0.3) is 0 Å². The summed E-state index contributed by atoms with van der Waals surface area (Å²) in [5, 5.41) is 10.1. The van der Waals surface area contributed by atoms with Gasteiger partial charge in [-0.3, -0.25) is 9.59 Å². The fourth-order valence-electron chi connectivity index (χ4n) is 3.02. The van der Waals surface area contributed by atoms with E-state index in [0.29, 0.717) is 0 Å². The monoisotopic (exact) mass is 385 g/mol. The van der Waals surface area contributed by atoms with Gasteiger partial charge in [-0.15, -0.1) is 0 Å². The van der Waals surface area contributed by atoms with Crippen molar-refractivity contribution >= 4 is 11.8 Å². The number of ketones is 1. The number of rotatable bonds is 8. The number of aromatic nitrogens is 1. The maximum atomic E-state index is 12.5. The van der Waals surface area contributed by atoms with Gasteiger partial charge in [-0.1, -0.05) is 38.1 Å². The van der Waals surface area contributed by atoms with Crippen molar-refractivity contribution in [1.29, 1.82) is 0 Å². The van der Waals surface area contributed by atoms with Crippen molar-refractivity contribution < 1.29 is 24.2 Å². The number of pyridine rings is 1. The summed E-state index contributed by atoms with van der Waals surface area (Å²) in [5.74, 6) is -1.70. The Balaban J connectivity index is 2.01. The number of benzene rings is 1. The topological polar surface area (TPSA) is 85.7 Å². The summed E-state index contributed by atoms with van der Waals surface area (Å²) >= 11 is 0. The van der Waals surface area contributed by atoms with E-state index >= 15 is 0 Å². The number of hydrogen-bond donors (Lipinski definition) is 1. The molecule has 1 aromatic carbocycles. The van der Waals surface area contributed by atoms with E-state index in [1.165, 1.54) is 19.4 Å². The third-order valence-corrected chi connectivity index (χ3v) is 4.95. The quantitative estimate of drug-likeness (QED) is 0.545.